The van der Waals surface area contributed by atoms with Gasteiger partial charge in [-0.05, 0) is 19.1 Å². The standard InChI is InChI=1S/C15H21N3O4/c1-3-22-13-7-5-4-6-12(13)11-17-18-15(20)10-14(19)16-8-9-21-2/h4-7,11H,3,8-10H2,1-2H3,(H,16,19)(H,18,20)/b17-11-. The molecule has 1 rings (SSSR count). The van der Waals surface area contributed by atoms with Crippen LogP contribution in [0.15, 0.2) is 29.4 Å². The molecule has 0 unspecified atom stereocenters. The van der Waals surface area contributed by atoms with Crippen molar-refractivity contribution in [3.05, 3.63) is 29.8 Å². The molecule has 1 aromatic rings. The third-order valence-corrected chi connectivity index (χ3v) is 2.56. The Labute approximate surface area is 129 Å². The smallest absolute Gasteiger partial charge is 0.249 e. The van der Waals surface area contributed by atoms with Gasteiger partial charge in [0.2, 0.25) is 11.8 Å². The maximum absolute atomic E-state index is 11.5. The van der Waals surface area contributed by atoms with Gasteiger partial charge in [-0.1, -0.05) is 12.1 Å². The van der Waals surface area contributed by atoms with Crippen LogP contribution in [0.1, 0.15) is 18.9 Å². The van der Waals surface area contributed by atoms with Crippen molar-refractivity contribution in [2.75, 3.05) is 26.9 Å². The van der Waals surface area contributed by atoms with E-state index in [1.807, 2.05) is 31.2 Å². The van der Waals surface area contributed by atoms with Crippen molar-refractivity contribution in [2.45, 2.75) is 13.3 Å². The Morgan fingerprint density at radius 3 is 2.77 bits per heavy atom. The predicted octanol–water partition coefficient (Wildman–Crippen LogP) is 0.688. The van der Waals surface area contributed by atoms with E-state index in [1.165, 1.54) is 13.3 Å². The highest BCUT2D eigenvalue weighted by Gasteiger charge is 2.07. The average molecular weight is 307 g/mol. The van der Waals surface area contributed by atoms with E-state index in [-0.39, 0.29) is 12.3 Å². The van der Waals surface area contributed by atoms with Crippen LogP contribution in [-0.4, -0.2) is 44.9 Å². The molecule has 0 heterocycles. The first-order valence-corrected chi connectivity index (χ1v) is 6.96. The average Bonchev–Trinajstić information content (AvgIpc) is 2.49. The second kappa shape index (κ2) is 10.3. The number of nitrogens with one attached hydrogen (secondary N) is 2. The van der Waals surface area contributed by atoms with Crippen LogP contribution in [0.25, 0.3) is 0 Å². The van der Waals surface area contributed by atoms with Crippen molar-refractivity contribution >= 4 is 18.0 Å². The number of hydrogen-bond acceptors (Lipinski definition) is 5. The van der Waals surface area contributed by atoms with Gasteiger partial charge >= 0.3 is 0 Å². The third-order valence-electron chi connectivity index (χ3n) is 2.56. The van der Waals surface area contributed by atoms with Gasteiger partial charge in [0.1, 0.15) is 12.2 Å². The van der Waals surface area contributed by atoms with Gasteiger partial charge in [0.25, 0.3) is 0 Å². The Morgan fingerprint density at radius 2 is 2.05 bits per heavy atom. The minimum Gasteiger partial charge on any atom is -0.493 e. The number of para-hydroxylation sites is 1. The molecule has 0 atom stereocenters. The Kier molecular flexibility index (Phi) is 8.29. The first kappa shape index (κ1) is 17.6. The molecule has 0 fully saturated rings. The van der Waals surface area contributed by atoms with Crippen LogP contribution in [0.4, 0.5) is 0 Å². The molecular weight excluding hydrogens is 286 g/mol. The fourth-order valence-corrected chi connectivity index (χ4v) is 1.59. The molecule has 120 valence electrons. The Morgan fingerprint density at radius 1 is 1.27 bits per heavy atom. The summed E-state index contributed by atoms with van der Waals surface area (Å²) in [5, 5.41) is 6.38. The van der Waals surface area contributed by atoms with Gasteiger partial charge in [-0.25, -0.2) is 5.43 Å². The molecule has 0 aliphatic heterocycles. The molecule has 0 aliphatic carbocycles. The van der Waals surface area contributed by atoms with Crippen molar-refractivity contribution in [1.29, 1.82) is 0 Å². The zero-order valence-corrected chi connectivity index (χ0v) is 12.8. The fraction of sp³-hybridized carbons (Fsp3) is 0.400. The van der Waals surface area contributed by atoms with Crippen molar-refractivity contribution in [3.8, 4) is 5.75 Å². The van der Waals surface area contributed by atoms with E-state index in [4.69, 9.17) is 9.47 Å². The predicted molar refractivity (Wildman–Crippen MR) is 82.9 cm³/mol. The van der Waals surface area contributed by atoms with Crippen LogP contribution in [0, 0.1) is 0 Å². The molecular formula is C15H21N3O4. The highest BCUT2D eigenvalue weighted by atomic mass is 16.5. The number of benzene rings is 1. The van der Waals surface area contributed by atoms with Crippen LogP contribution < -0.4 is 15.5 Å². The summed E-state index contributed by atoms with van der Waals surface area (Å²) in [4.78, 5) is 22.9. The van der Waals surface area contributed by atoms with Crippen molar-refractivity contribution in [3.63, 3.8) is 0 Å². The molecule has 7 nitrogen and oxygen atoms in total. The Hall–Kier alpha value is -2.41. The van der Waals surface area contributed by atoms with Gasteiger partial charge < -0.3 is 14.8 Å². The maximum Gasteiger partial charge on any atom is 0.249 e. The quantitative estimate of drug-likeness (QED) is 0.304. The number of ether oxygens (including phenoxy) is 2. The Balaban J connectivity index is 2.42. The van der Waals surface area contributed by atoms with Crippen LogP contribution in [0.3, 0.4) is 0 Å². The molecule has 1 aromatic carbocycles. The zero-order chi connectivity index (χ0) is 16.2. The molecule has 2 N–H and O–H groups in total. The van der Waals surface area contributed by atoms with E-state index < -0.39 is 5.91 Å². The van der Waals surface area contributed by atoms with Gasteiger partial charge in [-0.2, -0.15) is 5.10 Å². The minimum absolute atomic E-state index is 0.284. The van der Waals surface area contributed by atoms with E-state index in [0.717, 1.165) is 5.56 Å². The first-order chi connectivity index (χ1) is 10.7. The highest BCUT2D eigenvalue weighted by molar-refractivity contribution is 5.97. The molecule has 0 saturated heterocycles. The number of nitrogens with zero attached hydrogens (tertiary/aromatic N) is 1. The van der Waals surface area contributed by atoms with Crippen LogP contribution in [0.2, 0.25) is 0 Å². The lowest BCUT2D eigenvalue weighted by atomic mass is 10.2. The second-order valence-corrected chi connectivity index (χ2v) is 4.28. The summed E-state index contributed by atoms with van der Waals surface area (Å²) in [6, 6.07) is 7.33. The van der Waals surface area contributed by atoms with Crippen molar-refractivity contribution in [2.24, 2.45) is 5.10 Å². The van der Waals surface area contributed by atoms with Crippen LogP contribution in [-0.2, 0) is 14.3 Å². The molecule has 0 spiro atoms. The summed E-state index contributed by atoms with van der Waals surface area (Å²) >= 11 is 0. The largest absolute Gasteiger partial charge is 0.493 e. The summed E-state index contributed by atoms with van der Waals surface area (Å²) < 4.78 is 10.2. The third kappa shape index (κ3) is 6.85. The summed E-state index contributed by atoms with van der Waals surface area (Å²) in [7, 11) is 1.54. The van der Waals surface area contributed by atoms with Gasteiger partial charge in [-0.3, -0.25) is 9.59 Å². The highest BCUT2D eigenvalue weighted by Crippen LogP contribution is 2.15. The van der Waals surface area contributed by atoms with Crippen LogP contribution >= 0.6 is 0 Å². The van der Waals surface area contributed by atoms with Gasteiger partial charge in [0.15, 0.2) is 0 Å². The summed E-state index contributed by atoms with van der Waals surface area (Å²) in [6.45, 7) is 3.20. The van der Waals surface area contributed by atoms with E-state index in [9.17, 15) is 9.59 Å². The number of methoxy groups -OCH3 is 1. The summed E-state index contributed by atoms with van der Waals surface area (Å²) in [5.74, 6) is -0.181. The first-order valence-electron chi connectivity index (χ1n) is 6.96. The van der Waals surface area contributed by atoms with E-state index in [1.54, 1.807) is 0 Å². The Bertz CT molecular complexity index is 517. The number of carbonyl (C=O) groups excluding carboxylic acids is 2. The minimum atomic E-state index is -0.486. The summed E-state index contributed by atoms with van der Waals surface area (Å²) in [6.07, 6.45) is 1.19. The van der Waals surface area contributed by atoms with Gasteiger partial charge in [0, 0.05) is 19.2 Å². The van der Waals surface area contributed by atoms with Gasteiger partial charge in [-0.15, -0.1) is 0 Å². The SMILES string of the molecule is CCOc1ccccc1/C=N\NC(=O)CC(=O)NCCOC. The molecule has 22 heavy (non-hydrogen) atoms. The molecule has 2 amide bonds. The number of carbonyl (C=O) groups is 2. The van der Waals surface area contributed by atoms with Crippen molar-refractivity contribution in [1.82, 2.24) is 10.7 Å². The lowest BCUT2D eigenvalue weighted by Crippen LogP contribution is -2.31. The maximum atomic E-state index is 11.5. The molecule has 0 saturated carbocycles. The molecule has 0 aliphatic rings. The van der Waals surface area contributed by atoms with E-state index in [0.29, 0.717) is 25.5 Å². The fourth-order valence-electron chi connectivity index (χ4n) is 1.59. The zero-order valence-electron chi connectivity index (χ0n) is 12.8. The van der Waals surface area contributed by atoms with E-state index in [2.05, 4.69) is 15.8 Å². The molecule has 0 aromatic heterocycles. The summed E-state index contributed by atoms with van der Waals surface area (Å²) in [5.41, 5.74) is 3.05. The monoisotopic (exact) mass is 307 g/mol. The van der Waals surface area contributed by atoms with Crippen molar-refractivity contribution < 1.29 is 19.1 Å². The topological polar surface area (TPSA) is 89.0 Å². The lowest BCUT2D eigenvalue weighted by molar-refractivity contribution is -0.129. The lowest BCUT2D eigenvalue weighted by Gasteiger charge is -2.06. The number of hydrogen-bond donors (Lipinski definition) is 2. The van der Waals surface area contributed by atoms with Gasteiger partial charge in [0.05, 0.1) is 19.4 Å². The number of rotatable bonds is 9. The number of hydrazone groups is 1. The molecule has 0 bridgehead atoms. The van der Waals surface area contributed by atoms with E-state index >= 15 is 0 Å². The molecule has 0 radical (unpaired) electrons. The number of amides is 2. The normalized spacial score (nSPS) is 10.5. The molecule has 7 heteroatoms. The second-order valence-electron chi connectivity index (χ2n) is 4.28. The van der Waals surface area contributed by atoms with Crippen LogP contribution in [0.5, 0.6) is 5.75 Å².